The first-order valence-electron chi connectivity index (χ1n) is 6.03. The number of rotatable bonds is 4. The predicted molar refractivity (Wildman–Crippen MR) is 87.2 cm³/mol. The average Bonchev–Trinajstić information content (AvgIpc) is 2.48. The summed E-state index contributed by atoms with van der Waals surface area (Å²) in [6.07, 6.45) is 1.54. The van der Waals surface area contributed by atoms with Crippen molar-refractivity contribution in [2.45, 2.75) is 0 Å². The molecule has 4 nitrogen and oxygen atoms in total. The molecule has 0 aliphatic carbocycles. The molecular formula is C15H12BrClN2O2. The van der Waals surface area contributed by atoms with E-state index in [1.54, 1.807) is 43.7 Å². The Morgan fingerprint density at radius 3 is 2.76 bits per heavy atom. The topological polar surface area (TPSA) is 50.7 Å². The summed E-state index contributed by atoms with van der Waals surface area (Å²) in [6, 6.07) is 12.3. The minimum absolute atomic E-state index is 0.357. The Labute approximate surface area is 135 Å². The van der Waals surface area contributed by atoms with Gasteiger partial charge < -0.3 is 4.74 Å². The minimum atomic E-state index is -0.357. The largest absolute Gasteiger partial charge is 0.496 e. The molecule has 0 saturated carbocycles. The van der Waals surface area contributed by atoms with Crippen LogP contribution < -0.4 is 10.2 Å². The van der Waals surface area contributed by atoms with E-state index in [1.165, 1.54) is 0 Å². The van der Waals surface area contributed by atoms with E-state index in [-0.39, 0.29) is 5.91 Å². The lowest BCUT2D eigenvalue weighted by atomic mass is 10.2. The van der Waals surface area contributed by atoms with Gasteiger partial charge in [0.05, 0.1) is 28.4 Å². The predicted octanol–water partition coefficient (Wildman–Crippen LogP) is 3.88. The number of nitrogens with zero attached hydrogens (tertiary/aromatic N) is 1. The van der Waals surface area contributed by atoms with Crippen molar-refractivity contribution in [3.05, 3.63) is 63.1 Å². The van der Waals surface area contributed by atoms with E-state index in [4.69, 9.17) is 16.3 Å². The van der Waals surface area contributed by atoms with E-state index < -0.39 is 0 Å². The van der Waals surface area contributed by atoms with Crippen molar-refractivity contribution in [3.63, 3.8) is 0 Å². The first kappa shape index (κ1) is 15.5. The molecule has 0 fully saturated rings. The van der Waals surface area contributed by atoms with Crippen LogP contribution in [0.1, 0.15) is 15.9 Å². The highest BCUT2D eigenvalue weighted by Crippen LogP contribution is 2.24. The van der Waals surface area contributed by atoms with Gasteiger partial charge >= 0.3 is 0 Å². The highest BCUT2D eigenvalue weighted by atomic mass is 79.9. The van der Waals surface area contributed by atoms with Crippen LogP contribution in [-0.4, -0.2) is 19.2 Å². The lowest BCUT2D eigenvalue weighted by Gasteiger charge is -2.04. The number of benzene rings is 2. The molecule has 108 valence electrons. The summed E-state index contributed by atoms with van der Waals surface area (Å²) < 4.78 is 5.95. The standard InChI is InChI=1S/C15H12BrClN2O2/c1-21-14-7-6-10(8-12(14)16)9-18-19-15(20)11-4-2-3-5-13(11)17/h2-9H,1H3,(H,19,20)/b18-9-. The van der Waals surface area contributed by atoms with Gasteiger partial charge in [0.1, 0.15) is 5.75 Å². The molecule has 0 unspecified atom stereocenters. The van der Waals surface area contributed by atoms with Crippen LogP contribution in [0.4, 0.5) is 0 Å². The Morgan fingerprint density at radius 2 is 2.10 bits per heavy atom. The number of methoxy groups -OCH3 is 1. The van der Waals surface area contributed by atoms with Gasteiger partial charge in [0, 0.05) is 0 Å². The fourth-order valence-corrected chi connectivity index (χ4v) is 2.41. The average molecular weight is 368 g/mol. The molecular weight excluding hydrogens is 356 g/mol. The first-order valence-corrected chi connectivity index (χ1v) is 7.20. The van der Waals surface area contributed by atoms with Crippen molar-refractivity contribution in [2.24, 2.45) is 5.10 Å². The molecule has 0 heterocycles. The number of nitrogens with one attached hydrogen (secondary N) is 1. The van der Waals surface area contributed by atoms with Gasteiger partial charge in [0.2, 0.25) is 0 Å². The second-order valence-electron chi connectivity index (χ2n) is 4.07. The minimum Gasteiger partial charge on any atom is -0.496 e. The van der Waals surface area contributed by atoms with E-state index in [0.717, 1.165) is 15.8 Å². The van der Waals surface area contributed by atoms with Crippen LogP contribution in [0.25, 0.3) is 0 Å². The molecule has 1 amide bonds. The summed E-state index contributed by atoms with van der Waals surface area (Å²) >= 11 is 9.32. The zero-order chi connectivity index (χ0) is 15.2. The number of hydrazone groups is 1. The molecule has 0 aliphatic heterocycles. The molecule has 1 N–H and O–H groups in total. The highest BCUT2D eigenvalue weighted by Gasteiger charge is 2.07. The molecule has 2 aromatic rings. The molecule has 0 atom stereocenters. The van der Waals surface area contributed by atoms with E-state index >= 15 is 0 Å². The molecule has 0 bridgehead atoms. The number of amides is 1. The third-order valence-electron chi connectivity index (χ3n) is 2.67. The van der Waals surface area contributed by atoms with Gasteiger partial charge in [-0.1, -0.05) is 23.7 Å². The summed E-state index contributed by atoms with van der Waals surface area (Å²) in [5.74, 6) is 0.372. The lowest BCUT2D eigenvalue weighted by molar-refractivity contribution is 0.0955. The number of carbonyl (C=O) groups excluding carboxylic acids is 1. The SMILES string of the molecule is COc1ccc(/C=N\NC(=O)c2ccccc2Cl)cc1Br. The van der Waals surface area contributed by atoms with E-state index in [1.807, 2.05) is 12.1 Å². The number of carbonyl (C=O) groups is 1. The smallest absolute Gasteiger partial charge is 0.272 e. The normalized spacial score (nSPS) is 10.6. The number of hydrogen-bond acceptors (Lipinski definition) is 3. The molecule has 0 radical (unpaired) electrons. The van der Waals surface area contributed by atoms with Crippen LogP contribution in [0.2, 0.25) is 5.02 Å². The summed E-state index contributed by atoms with van der Waals surface area (Å²) in [5, 5.41) is 4.30. The van der Waals surface area contributed by atoms with E-state index in [2.05, 4.69) is 26.5 Å². The fraction of sp³-hybridized carbons (Fsp3) is 0.0667. The quantitative estimate of drug-likeness (QED) is 0.659. The molecule has 0 aromatic heterocycles. The zero-order valence-corrected chi connectivity index (χ0v) is 13.5. The van der Waals surface area contributed by atoms with Crippen LogP contribution >= 0.6 is 27.5 Å². The summed E-state index contributed by atoms with van der Waals surface area (Å²) in [5.41, 5.74) is 3.64. The van der Waals surface area contributed by atoms with Crippen LogP contribution in [-0.2, 0) is 0 Å². The molecule has 2 rings (SSSR count). The van der Waals surface area contributed by atoms with Gasteiger partial charge in [-0.3, -0.25) is 4.79 Å². The van der Waals surface area contributed by atoms with Gasteiger partial charge in [-0.15, -0.1) is 0 Å². The fourth-order valence-electron chi connectivity index (χ4n) is 1.63. The molecule has 6 heteroatoms. The van der Waals surface area contributed by atoms with Crippen molar-refractivity contribution in [1.29, 1.82) is 0 Å². The number of halogens is 2. The van der Waals surface area contributed by atoms with Crippen molar-refractivity contribution >= 4 is 39.7 Å². The summed E-state index contributed by atoms with van der Waals surface area (Å²) in [6.45, 7) is 0. The van der Waals surface area contributed by atoms with Crippen molar-refractivity contribution in [2.75, 3.05) is 7.11 Å². The molecule has 2 aromatic carbocycles. The van der Waals surface area contributed by atoms with Gasteiger partial charge in [0.15, 0.2) is 0 Å². The maximum absolute atomic E-state index is 11.9. The van der Waals surface area contributed by atoms with Crippen LogP contribution in [0.3, 0.4) is 0 Å². The number of hydrogen-bond donors (Lipinski definition) is 1. The van der Waals surface area contributed by atoms with Crippen LogP contribution in [0.5, 0.6) is 5.75 Å². The maximum atomic E-state index is 11.9. The van der Waals surface area contributed by atoms with Crippen LogP contribution in [0.15, 0.2) is 52.0 Å². The number of ether oxygens (including phenoxy) is 1. The van der Waals surface area contributed by atoms with Crippen molar-refractivity contribution in [1.82, 2.24) is 5.43 Å². The van der Waals surface area contributed by atoms with Gasteiger partial charge in [-0.2, -0.15) is 5.10 Å². The molecule has 21 heavy (non-hydrogen) atoms. The Balaban J connectivity index is 2.04. The van der Waals surface area contributed by atoms with Crippen molar-refractivity contribution < 1.29 is 9.53 Å². The third kappa shape index (κ3) is 4.06. The van der Waals surface area contributed by atoms with Gasteiger partial charge in [0.25, 0.3) is 5.91 Å². The Kier molecular flexibility index (Phi) is 5.36. The summed E-state index contributed by atoms with van der Waals surface area (Å²) in [7, 11) is 1.59. The zero-order valence-electron chi connectivity index (χ0n) is 11.1. The van der Waals surface area contributed by atoms with E-state index in [0.29, 0.717) is 10.6 Å². The second kappa shape index (κ2) is 7.24. The van der Waals surface area contributed by atoms with E-state index in [9.17, 15) is 4.79 Å². The Morgan fingerprint density at radius 1 is 1.33 bits per heavy atom. The monoisotopic (exact) mass is 366 g/mol. The molecule has 0 aliphatic rings. The second-order valence-corrected chi connectivity index (χ2v) is 5.33. The molecule has 0 spiro atoms. The van der Waals surface area contributed by atoms with Gasteiger partial charge in [-0.25, -0.2) is 5.43 Å². The maximum Gasteiger partial charge on any atom is 0.272 e. The Bertz CT molecular complexity index is 689. The highest BCUT2D eigenvalue weighted by molar-refractivity contribution is 9.10. The lowest BCUT2D eigenvalue weighted by Crippen LogP contribution is -2.17. The first-order chi connectivity index (χ1) is 10.1. The Hall–Kier alpha value is -1.85. The van der Waals surface area contributed by atoms with Gasteiger partial charge in [-0.05, 0) is 51.8 Å². The molecule has 0 saturated heterocycles. The summed E-state index contributed by atoms with van der Waals surface area (Å²) in [4.78, 5) is 11.9. The van der Waals surface area contributed by atoms with Crippen molar-refractivity contribution in [3.8, 4) is 5.75 Å². The third-order valence-corrected chi connectivity index (χ3v) is 3.62. The van der Waals surface area contributed by atoms with Crippen LogP contribution in [0, 0.1) is 0 Å².